The van der Waals surface area contributed by atoms with Crippen molar-refractivity contribution in [3.8, 4) is 0 Å². The summed E-state index contributed by atoms with van der Waals surface area (Å²) in [5.74, 6) is -0.0868. The predicted molar refractivity (Wildman–Crippen MR) is 113 cm³/mol. The standard InChI is InChI=1S/C23H25N3O3/c1-25(2)22(27)15-26-13-12-17-14-18(8-9-19(17)26)24-23(28)21-11-10-20(29-21)16-6-4-3-5-7-16/h3-9,12-14,20-21H,10-11,15H2,1-2H3,(H,24,28)/t20-,21+/m0/s1. The molecule has 2 heterocycles. The molecule has 6 nitrogen and oxygen atoms in total. The van der Waals surface area contributed by atoms with Gasteiger partial charge >= 0.3 is 0 Å². The number of carbonyl (C=O) groups excluding carboxylic acids is 2. The summed E-state index contributed by atoms with van der Waals surface area (Å²) < 4.78 is 7.89. The van der Waals surface area contributed by atoms with Gasteiger partial charge in [0.1, 0.15) is 12.6 Å². The monoisotopic (exact) mass is 391 g/mol. The molecule has 1 aromatic heterocycles. The Morgan fingerprint density at radius 2 is 1.90 bits per heavy atom. The number of nitrogens with one attached hydrogen (secondary N) is 1. The van der Waals surface area contributed by atoms with E-state index in [1.54, 1.807) is 19.0 Å². The molecule has 1 aliphatic heterocycles. The zero-order valence-electron chi connectivity index (χ0n) is 16.7. The molecule has 1 aliphatic rings. The lowest BCUT2D eigenvalue weighted by molar-refractivity contribution is -0.129. The van der Waals surface area contributed by atoms with Gasteiger partial charge in [-0.3, -0.25) is 9.59 Å². The van der Waals surface area contributed by atoms with Crippen LogP contribution in [0.15, 0.2) is 60.8 Å². The summed E-state index contributed by atoms with van der Waals surface area (Å²) in [4.78, 5) is 26.2. The van der Waals surface area contributed by atoms with Crippen LogP contribution in [-0.4, -0.2) is 41.5 Å². The number of rotatable bonds is 5. The molecule has 2 aromatic carbocycles. The van der Waals surface area contributed by atoms with Crippen molar-refractivity contribution < 1.29 is 14.3 Å². The maximum Gasteiger partial charge on any atom is 0.253 e. The van der Waals surface area contributed by atoms with Crippen LogP contribution in [-0.2, 0) is 20.9 Å². The highest BCUT2D eigenvalue weighted by Gasteiger charge is 2.31. The second-order valence-corrected chi connectivity index (χ2v) is 7.60. The normalized spacial score (nSPS) is 18.7. The zero-order chi connectivity index (χ0) is 20.4. The third-order valence-corrected chi connectivity index (χ3v) is 5.33. The highest BCUT2D eigenvalue weighted by molar-refractivity contribution is 5.96. The Kier molecular flexibility index (Phi) is 5.36. The van der Waals surface area contributed by atoms with Gasteiger partial charge < -0.3 is 19.5 Å². The molecule has 150 valence electrons. The Morgan fingerprint density at radius 3 is 2.66 bits per heavy atom. The number of fused-ring (bicyclic) bond motifs is 1. The van der Waals surface area contributed by atoms with E-state index in [-0.39, 0.29) is 17.9 Å². The fraction of sp³-hybridized carbons (Fsp3) is 0.304. The van der Waals surface area contributed by atoms with E-state index < -0.39 is 6.10 Å². The van der Waals surface area contributed by atoms with Crippen molar-refractivity contribution in [2.75, 3.05) is 19.4 Å². The molecule has 4 rings (SSSR count). The predicted octanol–water partition coefficient (Wildman–Crippen LogP) is 3.59. The lowest BCUT2D eigenvalue weighted by atomic mass is 10.1. The lowest BCUT2D eigenvalue weighted by Gasteiger charge is -2.14. The largest absolute Gasteiger partial charge is 0.360 e. The first-order chi connectivity index (χ1) is 14.0. The number of benzene rings is 2. The van der Waals surface area contributed by atoms with Crippen LogP contribution in [0.5, 0.6) is 0 Å². The van der Waals surface area contributed by atoms with E-state index in [2.05, 4.69) is 5.32 Å². The number of hydrogen-bond donors (Lipinski definition) is 1. The number of hydrogen-bond acceptors (Lipinski definition) is 3. The van der Waals surface area contributed by atoms with E-state index in [4.69, 9.17) is 4.74 Å². The van der Waals surface area contributed by atoms with E-state index >= 15 is 0 Å². The molecule has 0 bridgehead atoms. The summed E-state index contributed by atoms with van der Waals surface area (Å²) >= 11 is 0. The van der Waals surface area contributed by atoms with Gasteiger partial charge in [0.25, 0.3) is 5.91 Å². The Hall–Kier alpha value is -3.12. The van der Waals surface area contributed by atoms with Gasteiger partial charge in [0.05, 0.1) is 6.10 Å². The average molecular weight is 391 g/mol. The second-order valence-electron chi connectivity index (χ2n) is 7.60. The Balaban J connectivity index is 1.42. The highest BCUT2D eigenvalue weighted by Crippen LogP contribution is 2.33. The third kappa shape index (κ3) is 4.17. The first-order valence-corrected chi connectivity index (χ1v) is 9.81. The Morgan fingerprint density at radius 1 is 1.10 bits per heavy atom. The summed E-state index contributed by atoms with van der Waals surface area (Å²) in [5, 5.41) is 3.94. The summed E-state index contributed by atoms with van der Waals surface area (Å²) in [6.45, 7) is 0.291. The zero-order valence-corrected chi connectivity index (χ0v) is 16.7. The molecule has 0 unspecified atom stereocenters. The van der Waals surface area contributed by atoms with Crippen LogP contribution in [0.3, 0.4) is 0 Å². The van der Waals surface area contributed by atoms with Gasteiger partial charge in [0.2, 0.25) is 5.91 Å². The molecule has 0 saturated carbocycles. The highest BCUT2D eigenvalue weighted by atomic mass is 16.5. The SMILES string of the molecule is CN(C)C(=O)Cn1ccc2cc(NC(=O)[C@H]3CC[C@@H](c4ccccc4)O3)ccc21. The molecule has 29 heavy (non-hydrogen) atoms. The molecule has 0 aliphatic carbocycles. The van der Waals surface area contributed by atoms with E-state index in [9.17, 15) is 9.59 Å². The molecule has 2 amide bonds. The van der Waals surface area contributed by atoms with Gasteiger partial charge in [-0.25, -0.2) is 0 Å². The van der Waals surface area contributed by atoms with Crippen molar-refractivity contribution in [2.24, 2.45) is 0 Å². The van der Waals surface area contributed by atoms with E-state index in [0.29, 0.717) is 13.0 Å². The van der Waals surface area contributed by atoms with Gasteiger partial charge in [-0.1, -0.05) is 30.3 Å². The quantitative estimate of drug-likeness (QED) is 0.723. The number of likely N-dealkylation sites (N-methyl/N-ethyl adjacent to an activating group) is 1. The number of anilines is 1. The van der Waals surface area contributed by atoms with Crippen molar-refractivity contribution in [2.45, 2.75) is 31.6 Å². The minimum atomic E-state index is -0.446. The topological polar surface area (TPSA) is 63.6 Å². The van der Waals surface area contributed by atoms with Crippen molar-refractivity contribution in [3.05, 3.63) is 66.4 Å². The molecular weight excluding hydrogens is 366 g/mol. The van der Waals surface area contributed by atoms with E-state index in [1.807, 2.05) is 65.4 Å². The first-order valence-electron chi connectivity index (χ1n) is 9.81. The van der Waals surface area contributed by atoms with Gasteiger partial charge in [0.15, 0.2) is 0 Å². The van der Waals surface area contributed by atoms with Crippen LogP contribution in [0.1, 0.15) is 24.5 Å². The Bertz CT molecular complexity index is 1030. The summed E-state index contributed by atoms with van der Waals surface area (Å²) in [5.41, 5.74) is 2.79. The molecule has 0 spiro atoms. The smallest absolute Gasteiger partial charge is 0.253 e. The minimum absolute atomic E-state index is 0.0299. The molecule has 0 radical (unpaired) electrons. The third-order valence-electron chi connectivity index (χ3n) is 5.33. The number of ether oxygens (including phenoxy) is 1. The van der Waals surface area contributed by atoms with E-state index in [1.165, 1.54) is 0 Å². The van der Waals surface area contributed by atoms with Crippen LogP contribution >= 0.6 is 0 Å². The number of carbonyl (C=O) groups is 2. The van der Waals surface area contributed by atoms with Crippen molar-refractivity contribution in [1.82, 2.24) is 9.47 Å². The molecule has 1 fully saturated rings. The van der Waals surface area contributed by atoms with Crippen LogP contribution in [0.2, 0.25) is 0 Å². The molecule has 1 saturated heterocycles. The summed E-state index contributed by atoms with van der Waals surface area (Å²) in [7, 11) is 3.49. The fourth-order valence-corrected chi connectivity index (χ4v) is 3.67. The molecular formula is C23H25N3O3. The fourth-order valence-electron chi connectivity index (χ4n) is 3.67. The van der Waals surface area contributed by atoms with Crippen molar-refractivity contribution in [1.29, 1.82) is 0 Å². The minimum Gasteiger partial charge on any atom is -0.360 e. The summed E-state index contributed by atoms with van der Waals surface area (Å²) in [6.07, 6.45) is 2.96. The molecule has 2 atom stereocenters. The number of nitrogens with zero attached hydrogens (tertiary/aromatic N) is 2. The van der Waals surface area contributed by atoms with Crippen molar-refractivity contribution >= 4 is 28.4 Å². The first kappa shape index (κ1) is 19.2. The second kappa shape index (κ2) is 8.09. The van der Waals surface area contributed by atoms with Gasteiger partial charge in [-0.05, 0) is 42.7 Å². The van der Waals surface area contributed by atoms with Crippen molar-refractivity contribution in [3.63, 3.8) is 0 Å². The van der Waals surface area contributed by atoms with Crippen LogP contribution in [0.4, 0.5) is 5.69 Å². The van der Waals surface area contributed by atoms with Gasteiger partial charge in [0, 0.05) is 36.9 Å². The summed E-state index contributed by atoms with van der Waals surface area (Å²) in [6, 6.07) is 17.7. The van der Waals surface area contributed by atoms with Crippen LogP contribution in [0.25, 0.3) is 10.9 Å². The van der Waals surface area contributed by atoms with Crippen LogP contribution in [0, 0.1) is 0 Å². The number of aromatic nitrogens is 1. The average Bonchev–Trinajstić information content (AvgIpc) is 3.36. The van der Waals surface area contributed by atoms with Gasteiger partial charge in [-0.2, -0.15) is 0 Å². The Labute approximate surface area is 170 Å². The maximum absolute atomic E-state index is 12.7. The molecule has 1 N–H and O–H groups in total. The maximum atomic E-state index is 12.7. The van der Waals surface area contributed by atoms with Crippen LogP contribution < -0.4 is 5.32 Å². The molecule has 6 heteroatoms. The number of amides is 2. The molecule has 3 aromatic rings. The lowest BCUT2D eigenvalue weighted by Crippen LogP contribution is -2.27. The van der Waals surface area contributed by atoms with Gasteiger partial charge in [-0.15, -0.1) is 0 Å². The van der Waals surface area contributed by atoms with E-state index in [0.717, 1.165) is 28.6 Å².